The van der Waals surface area contributed by atoms with E-state index in [0.717, 1.165) is 45.6 Å². The van der Waals surface area contributed by atoms with Crippen molar-refractivity contribution in [3.63, 3.8) is 0 Å². The first kappa shape index (κ1) is 24.7. The van der Waals surface area contributed by atoms with Crippen molar-refractivity contribution in [2.45, 2.75) is 19.0 Å². The maximum absolute atomic E-state index is 6.15. The van der Waals surface area contributed by atoms with Gasteiger partial charge in [-0.1, -0.05) is 30.3 Å². The lowest BCUT2D eigenvalue weighted by Gasteiger charge is -2.29. The Balaban J connectivity index is 1.40. The zero-order valence-corrected chi connectivity index (χ0v) is 22.5. The Labute approximate surface area is 233 Å². The predicted molar refractivity (Wildman–Crippen MR) is 158 cm³/mol. The van der Waals surface area contributed by atoms with Crippen molar-refractivity contribution in [1.29, 1.82) is 0 Å². The van der Waals surface area contributed by atoms with Crippen LogP contribution in [-0.2, 0) is 0 Å². The van der Waals surface area contributed by atoms with Crippen molar-refractivity contribution in [2.75, 3.05) is 12.0 Å². The molecular weight excluding hydrogens is 504 g/mol. The summed E-state index contributed by atoms with van der Waals surface area (Å²) in [5, 5.41) is 4.19. The minimum absolute atomic E-state index is 0.152. The molecule has 0 spiro atoms. The Morgan fingerprint density at radius 3 is 2.41 bits per heavy atom. The minimum atomic E-state index is -0.156. The molecule has 0 bridgehead atoms. The van der Waals surface area contributed by atoms with Crippen molar-refractivity contribution in [2.24, 2.45) is 0 Å². The van der Waals surface area contributed by atoms with Gasteiger partial charge in [0.2, 0.25) is 0 Å². The zero-order chi connectivity index (χ0) is 26.8. The third-order valence-electron chi connectivity index (χ3n) is 6.95. The molecule has 0 radical (unpaired) electrons. The monoisotopic (exact) mass is 532 g/mol. The van der Waals surface area contributed by atoms with Crippen LogP contribution < -0.4 is 19.7 Å². The molecule has 1 aliphatic heterocycles. The summed E-state index contributed by atoms with van der Waals surface area (Å²) >= 11 is 5.93. The molecule has 2 atom stereocenters. The number of methoxy groups -OCH3 is 1. The third kappa shape index (κ3) is 4.84. The lowest BCUT2D eigenvalue weighted by molar-refractivity contribution is 0.414. The Hall–Kier alpha value is -4.62. The Morgan fingerprint density at radius 2 is 1.64 bits per heavy atom. The van der Waals surface area contributed by atoms with Crippen molar-refractivity contribution in [3.05, 3.63) is 132 Å². The number of rotatable bonds is 7. The summed E-state index contributed by atoms with van der Waals surface area (Å²) in [6.45, 7) is 2.04. The maximum atomic E-state index is 6.15. The number of aryl methyl sites for hydroxylation is 1. The second-order valence-corrected chi connectivity index (χ2v) is 9.75. The van der Waals surface area contributed by atoms with Crippen molar-refractivity contribution < 1.29 is 9.47 Å². The van der Waals surface area contributed by atoms with Gasteiger partial charge in [-0.05, 0) is 91.4 Å². The average Bonchev–Trinajstić information content (AvgIpc) is 3.59. The van der Waals surface area contributed by atoms with Gasteiger partial charge in [-0.15, -0.1) is 0 Å². The molecule has 1 N–H and O–H groups in total. The van der Waals surface area contributed by atoms with E-state index in [4.69, 9.17) is 21.7 Å². The van der Waals surface area contributed by atoms with Crippen LogP contribution in [0, 0.1) is 6.92 Å². The van der Waals surface area contributed by atoms with E-state index in [2.05, 4.69) is 44.2 Å². The molecule has 6 nitrogen and oxygen atoms in total. The zero-order valence-electron chi connectivity index (χ0n) is 21.7. The fourth-order valence-electron chi connectivity index (χ4n) is 5.04. The number of aromatic nitrogens is 2. The normalized spacial score (nSPS) is 16.7. The summed E-state index contributed by atoms with van der Waals surface area (Å²) in [7, 11) is 1.68. The van der Waals surface area contributed by atoms with E-state index >= 15 is 0 Å². The van der Waals surface area contributed by atoms with Gasteiger partial charge in [0.05, 0.1) is 18.8 Å². The van der Waals surface area contributed by atoms with Gasteiger partial charge in [-0.25, -0.2) is 0 Å². The predicted octanol–water partition coefficient (Wildman–Crippen LogP) is 7.16. The van der Waals surface area contributed by atoms with E-state index in [-0.39, 0.29) is 12.1 Å². The number of nitrogens with one attached hydrogen (secondary N) is 1. The number of hydrogen-bond acceptors (Lipinski definition) is 4. The van der Waals surface area contributed by atoms with Crippen LogP contribution in [0.2, 0.25) is 0 Å². The fourth-order valence-corrected chi connectivity index (χ4v) is 5.38. The molecule has 2 aromatic heterocycles. The summed E-state index contributed by atoms with van der Waals surface area (Å²) in [5.74, 6) is 2.41. The second-order valence-electron chi connectivity index (χ2n) is 9.36. The molecule has 3 aromatic carbocycles. The van der Waals surface area contributed by atoms with Crippen LogP contribution in [0.25, 0.3) is 5.69 Å². The first-order valence-electron chi connectivity index (χ1n) is 12.8. The van der Waals surface area contributed by atoms with Crippen molar-refractivity contribution in [3.8, 4) is 22.9 Å². The summed E-state index contributed by atoms with van der Waals surface area (Å²) in [6.07, 6.45) is 3.89. The van der Waals surface area contributed by atoms with Crippen LogP contribution >= 0.6 is 12.2 Å². The molecule has 6 rings (SSSR count). The van der Waals surface area contributed by atoms with Crippen LogP contribution in [0.15, 0.2) is 116 Å². The number of ether oxygens (including phenoxy) is 2. The number of para-hydroxylation sites is 1. The summed E-state index contributed by atoms with van der Waals surface area (Å²) < 4.78 is 13.8. The van der Waals surface area contributed by atoms with Gasteiger partial charge in [-0.3, -0.25) is 4.98 Å². The average molecular weight is 533 g/mol. The van der Waals surface area contributed by atoms with Gasteiger partial charge in [-0.2, -0.15) is 0 Å². The second kappa shape index (κ2) is 10.6. The molecule has 7 heteroatoms. The maximum Gasteiger partial charge on any atom is 0.174 e. The van der Waals surface area contributed by atoms with E-state index < -0.39 is 0 Å². The standard InChI is InChI=1S/C32H28N4O2S/c1-22-9-3-4-14-29(22)38-25-17-15-23(16-18-25)36-31(30(34-32(36)39)27-12-5-6-19-33-27)28-13-8-20-35(28)24-10-7-11-26(21-24)37-2/h3-21,30-31H,1-2H3,(H,34,39)/t30-,31+/m0/s1. The lowest BCUT2D eigenvalue weighted by Crippen LogP contribution is -2.30. The highest BCUT2D eigenvalue weighted by Gasteiger charge is 2.42. The lowest BCUT2D eigenvalue weighted by atomic mass is 10.0. The summed E-state index contributed by atoms with van der Waals surface area (Å²) in [5.41, 5.74) is 5.06. The molecule has 1 fully saturated rings. The molecule has 1 saturated heterocycles. The van der Waals surface area contributed by atoms with Crippen LogP contribution in [-0.4, -0.2) is 21.8 Å². The molecule has 0 amide bonds. The largest absolute Gasteiger partial charge is 0.497 e. The molecule has 0 saturated carbocycles. The van der Waals surface area contributed by atoms with E-state index in [0.29, 0.717) is 5.11 Å². The van der Waals surface area contributed by atoms with Gasteiger partial charge < -0.3 is 24.3 Å². The van der Waals surface area contributed by atoms with Gasteiger partial charge in [0.25, 0.3) is 0 Å². The van der Waals surface area contributed by atoms with E-state index in [1.54, 1.807) is 7.11 Å². The molecule has 1 aliphatic rings. The van der Waals surface area contributed by atoms with E-state index in [1.807, 2.05) is 98.0 Å². The minimum Gasteiger partial charge on any atom is -0.497 e. The first-order chi connectivity index (χ1) is 19.1. The van der Waals surface area contributed by atoms with E-state index in [1.165, 1.54) is 0 Å². The van der Waals surface area contributed by atoms with Crippen LogP contribution in [0.1, 0.15) is 29.0 Å². The number of nitrogens with zero attached hydrogens (tertiary/aromatic N) is 3. The Kier molecular flexibility index (Phi) is 6.73. The van der Waals surface area contributed by atoms with Gasteiger partial charge in [0.1, 0.15) is 23.3 Å². The summed E-state index contributed by atoms with van der Waals surface area (Å²) in [4.78, 5) is 6.85. The highest BCUT2D eigenvalue weighted by Crippen LogP contribution is 2.43. The number of pyridine rings is 1. The molecule has 0 unspecified atom stereocenters. The molecule has 194 valence electrons. The molecule has 3 heterocycles. The van der Waals surface area contributed by atoms with Gasteiger partial charge >= 0.3 is 0 Å². The van der Waals surface area contributed by atoms with Gasteiger partial charge in [0, 0.05) is 35.5 Å². The quantitative estimate of drug-likeness (QED) is 0.225. The molecule has 0 aliphatic carbocycles. The van der Waals surface area contributed by atoms with Crippen LogP contribution in [0.3, 0.4) is 0 Å². The summed E-state index contributed by atoms with van der Waals surface area (Å²) in [6, 6.07) is 34.0. The number of thiocarbonyl (C=S) groups is 1. The first-order valence-corrected chi connectivity index (χ1v) is 13.2. The smallest absolute Gasteiger partial charge is 0.174 e. The molecule has 5 aromatic rings. The highest BCUT2D eigenvalue weighted by molar-refractivity contribution is 7.80. The van der Waals surface area contributed by atoms with Gasteiger partial charge in [0.15, 0.2) is 5.11 Å². The molecular formula is C32H28N4O2S. The SMILES string of the molecule is COc1cccc(-n2cccc2[C@@H]2[C@H](c3ccccn3)NC(=S)N2c2ccc(Oc3ccccc3C)cc2)c1. The Bertz CT molecular complexity index is 1600. The topological polar surface area (TPSA) is 51.5 Å². The van der Waals surface area contributed by atoms with Crippen molar-refractivity contribution >= 4 is 23.0 Å². The fraction of sp³-hybridized carbons (Fsp3) is 0.125. The van der Waals surface area contributed by atoms with Crippen LogP contribution in [0.4, 0.5) is 5.69 Å². The number of anilines is 1. The third-order valence-corrected chi connectivity index (χ3v) is 7.26. The highest BCUT2D eigenvalue weighted by atomic mass is 32.1. The number of benzene rings is 3. The van der Waals surface area contributed by atoms with E-state index in [9.17, 15) is 0 Å². The Morgan fingerprint density at radius 1 is 0.821 bits per heavy atom. The van der Waals surface area contributed by atoms with Crippen molar-refractivity contribution in [1.82, 2.24) is 14.9 Å². The molecule has 39 heavy (non-hydrogen) atoms. The number of hydrogen-bond donors (Lipinski definition) is 1. The van der Waals surface area contributed by atoms with Crippen LogP contribution in [0.5, 0.6) is 17.2 Å².